The molecule has 0 saturated heterocycles. The molecule has 2 aromatic heterocycles. The Morgan fingerprint density at radius 2 is 2.11 bits per heavy atom. The lowest BCUT2D eigenvalue weighted by molar-refractivity contribution is -0.0553. The molecule has 0 saturated carbocycles. The zero-order valence-electron chi connectivity index (χ0n) is 10.1. The maximum absolute atomic E-state index is 12.2. The summed E-state index contributed by atoms with van der Waals surface area (Å²) in [6.07, 6.45) is 0. The number of rotatable bonds is 4. The molecular weight excluding hydrogens is 280 g/mol. The van der Waals surface area contributed by atoms with E-state index in [1.165, 1.54) is 24.9 Å². The third-order valence-corrected chi connectivity index (χ3v) is 2.64. The van der Waals surface area contributed by atoms with Crippen molar-refractivity contribution in [2.75, 3.05) is 7.11 Å². The SMILES string of the molecule is COc1ccc(-c2cc(OC(F)F)n(C)n2)c(Cl)n1. The normalized spacial score (nSPS) is 10.8. The summed E-state index contributed by atoms with van der Waals surface area (Å²) >= 11 is 5.98. The average Bonchev–Trinajstić information content (AvgIpc) is 2.69. The van der Waals surface area contributed by atoms with Gasteiger partial charge in [-0.25, -0.2) is 9.67 Å². The minimum absolute atomic E-state index is 0.0584. The molecule has 102 valence electrons. The van der Waals surface area contributed by atoms with E-state index in [-0.39, 0.29) is 11.0 Å². The predicted molar refractivity (Wildman–Crippen MR) is 64.6 cm³/mol. The lowest BCUT2D eigenvalue weighted by atomic mass is 10.2. The van der Waals surface area contributed by atoms with Crippen molar-refractivity contribution < 1.29 is 18.3 Å². The highest BCUT2D eigenvalue weighted by Crippen LogP contribution is 2.30. The number of methoxy groups -OCH3 is 1. The van der Waals surface area contributed by atoms with Gasteiger partial charge in [0.2, 0.25) is 11.8 Å². The van der Waals surface area contributed by atoms with Crippen LogP contribution in [0.15, 0.2) is 18.2 Å². The fourth-order valence-electron chi connectivity index (χ4n) is 1.51. The first-order valence-electron chi connectivity index (χ1n) is 5.21. The van der Waals surface area contributed by atoms with E-state index in [0.29, 0.717) is 17.1 Å². The Labute approximate surface area is 112 Å². The van der Waals surface area contributed by atoms with Crippen LogP contribution in [0.5, 0.6) is 11.8 Å². The zero-order chi connectivity index (χ0) is 14.0. The fourth-order valence-corrected chi connectivity index (χ4v) is 1.75. The third-order valence-electron chi connectivity index (χ3n) is 2.35. The molecule has 0 atom stereocenters. The summed E-state index contributed by atoms with van der Waals surface area (Å²) in [6.45, 7) is -2.91. The van der Waals surface area contributed by atoms with Crippen molar-refractivity contribution in [1.82, 2.24) is 14.8 Å². The molecule has 5 nitrogen and oxygen atoms in total. The molecule has 0 radical (unpaired) electrons. The van der Waals surface area contributed by atoms with Crippen LogP contribution in [0.2, 0.25) is 5.15 Å². The smallest absolute Gasteiger partial charge is 0.388 e. The first-order valence-corrected chi connectivity index (χ1v) is 5.59. The van der Waals surface area contributed by atoms with Crippen LogP contribution in [0.1, 0.15) is 0 Å². The molecule has 2 aromatic rings. The van der Waals surface area contributed by atoms with Crippen LogP contribution in [0.4, 0.5) is 8.78 Å². The molecule has 2 heterocycles. The van der Waals surface area contributed by atoms with E-state index in [9.17, 15) is 8.78 Å². The fraction of sp³-hybridized carbons (Fsp3) is 0.273. The van der Waals surface area contributed by atoms with Crippen LogP contribution in [0.3, 0.4) is 0 Å². The summed E-state index contributed by atoms with van der Waals surface area (Å²) in [7, 11) is 2.96. The van der Waals surface area contributed by atoms with Gasteiger partial charge in [-0.1, -0.05) is 11.6 Å². The zero-order valence-corrected chi connectivity index (χ0v) is 10.9. The van der Waals surface area contributed by atoms with Gasteiger partial charge >= 0.3 is 6.61 Å². The summed E-state index contributed by atoms with van der Waals surface area (Å²) in [6, 6.07) is 4.60. The number of aromatic nitrogens is 3. The van der Waals surface area contributed by atoms with Gasteiger partial charge < -0.3 is 9.47 Å². The van der Waals surface area contributed by atoms with E-state index in [0.717, 1.165) is 0 Å². The van der Waals surface area contributed by atoms with Gasteiger partial charge in [0.05, 0.1) is 12.8 Å². The molecule has 0 aliphatic heterocycles. The highest BCUT2D eigenvalue weighted by Gasteiger charge is 2.15. The Hall–Kier alpha value is -1.89. The largest absolute Gasteiger partial charge is 0.481 e. The van der Waals surface area contributed by atoms with Gasteiger partial charge in [0.1, 0.15) is 5.15 Å². The minimum atomic E-state index is -2.91. The van der Waals surface area contributed by atoms with E-state index in [4.69, 9.17) is 16.3 Å². The molecule has 0 aliphatic rings. The molecule has 0 amide bonds. The second kappa shape index (κ2) is 5.40. The number of hydrogen-bond acceptors (Lipinski definition) is 4. The molecule has 8 heteroatoms. The van der Waals surface area contributed by atoms with Gasteiger partial charge in [0.25, 0.3) is 0 Å². The molecule has 0 aliphatic carbocycles. The van der Waals surface area contributed by atoms with E-state index in [1.807, 2.05) is 0 Å². The lowest BCUT2D eigenvalue weighted by Gasteiger charge is -2.02. The van der Waals surface area contributed by atoms with Crippen molar-refractivity contribution in [2.24, 2.45) is 7.05 Å². The number of hydrogen-bond donors (Lipinski definition) is 0. The van der Waals surface area contributed by atoms with Crippen LogP contribution in [0.25, 0.3) is 11.3 Å². The summed E-state index contributed by atoms with van der Waals surface area (Å²) in [5.74, 6) is 0.297. The van der Waals surface area contributed by atoms with Crippen LogP contribution < -0.4 is 9.47 Å². The van der Waals surface area contributed by atoms with Crippen LogP contribution in [-0.2, 0) is 7.05 Å². The topological polar surface area (TPSA) is 49.2 Å². The molecule has 0 unspecified atom stereocenters. The Morgan fingerprint density at radius 1 is 1.37 bits per heavy atom. The van der Waals surface area contributed by atoms with Crippen molar-refractivity contribution in [1.29, 1.82) is 0 Å². The Morgan fingerprint density at radius 3 is 2.68 bits per heavy atom. The van der Waals surface area contributed by atoms with E-state index in [1.54, 1.807) is 12.1 Å². The summed E-state index contributed by atoms with van der Waals surface area (Å²) in [5, 5.41) is 4.21. The molecule has 0 spiro atoms. The first-order chi connectivity index (χ1) is 9.01. The number of pyridine rings is 1. The van der Waals surface area contributed by atoms with Crippen molar-refractivity contribution >= 4 is 11.6 Å². The maximum Gasteiger partial charge on any atom is 0.388 e. The molecule has 0 N–H and O–H groups in total. The monoisotopic (exact) mass is 289 g/mol. The van der Waals surface area contributed by atoms with E-state index >= 15 is 0 Å². The van der Waals surface area contributed by atoms with E-state index < -0.39 is 6.61 Å². The Bertz CT molecular complexity index is 589. The number of nitrogens with zero attached hydrogens (tertiary/aromatic N) is 3. The Kier molecular flexibility index (Phi) is 3.84. The van der Waals surface area contributed by atoms with Gasteiger partial charge in [-0.2, -0.15) is 13.9 Å². The van der Waals surface area contributed by atoms with Crippen LogP contribution in [-0.4, -0.2) is 28.5 Å². The van der Waals surface area contributed by atoms with Crippen molar-refractivity contribution in [2.45, 2.75) is 6.61 Å². The predicted octanol–water partition coefficient (Wildman–Crippen LogP) is 2.75. The highest BCUT2D eigenvalue weighted by atomic mass is 35.5. The second-order valence-electron chi connectivity index (χ2n) is 3.56. The van der Waals surface area contributed by atoms with E-state index in [2.05, 4.69) is 14.8 Å². The second-order valence-corrected chi connectivity index (χ2v) is 3.92. The molecule has 2 rings (SSSR count). The minimum Gasteiger partial charge on any atom is -0.481 e. The van der Waals surface area contributed by atoms with Crippen LogP contribution >= 0.6 is 11.6 Å². The standard InChI is InChI=1S/C11H10ClF2N3O2/c1-17-9(19-11(13)14)5-7(16-17)6-3-4-8(18-2)15-10(6)12/h3-5,11H,1-2H3. The Balaban J connectivity index is 2.37. The number of ether oxygens (including phenoxy) is 2. The van der Waals surface area contributed by atoms with Crippen molar-refractivity contribution in [3.63, 3.8) is 0 Å². The van der Waals surface area contributed by atoms with Crippen molar-refractivity contribution in [3.05, 3.63) is 23.4 Å². The molecule has 19 heavy (non-hydrogen) atoms. The van der Waals surface area contributed by atoms with Gasteiger partial charge in [0.15, 0.2) is 0 Å². The number of halogens is 3. The number of aryl methyl sites for hydroxylation is 1. The lowest BCUT2D eigenvalue weighted by Crippen LogP contribution is -2.05. The first kappa shape index (κ1) is 13.5. The number of alkyl halides is 2. The van der Waals surface area contributed by atoms with Gasteiger partial charge in [0, 0.05) is 24.7 Å². The van der Waals surface area contributed by atoms with Gasteiger partial charge in [-0.3, -0.25) is 0 Å². The summed E-state index contributed by atoms with van der Waals surface area (Å²) in [5.41, 5.74) is 0.889. The highest BCUT2D eigenvalue weighted by molar-refractivity contribution is 6.32. The third kappa shape index (κ3) is 2.93. The average molecular weight is 290 g/mol. The maximum atomic E-state index is 12.2. The molecule has 0 aromatic carbocycles. The summed E-state index contributed by atoms with van der Waals surface area (Å²) in [4.78, 5) is 3.97. The molecular formula is C11H10ClF2N3O2. The van der Waals surface area contributed by atoms with Crippen LogP contribution in [0, 0.1) is 0 Å². The van der Waals surface area contributed by atoms with Crippen molar-refractivity contribution in [3.8, 4) is 23.0 Å². The van der Waals surface area contributed by atoms with Gasteiger partial charge in [-0.15, -0.1) is 0 Å². The summed E-state index contributed by atoms with van der Waals surface area (Å²) < 4.78 is 34.8. The quantitative estimate of drug-likeness (QED) is 0.812. The molecule has 0 fully saturated rings. The van der Waals surface area contributed by atoms with Gasteiger partial charge in [-0.05, 0) is 6.07 Å². The molecule has 0 bridgehead atoms.